The predicted molar refractivity (Wildman–Crippen MR) is 124 cm³/mol. The van der Waals surface area contributed by atoms with Gasteiger partial charge in [-0.1, -0.05) is 48.6 Å². The lowest BCUT2D eigenvalue weighted by Crippen LogP contribution is -2.30. The van der Waals surface area contributed by atoms with Gasteiger partial charge in [0.2, 0.25) is 0 Å². The molecule has 2 aromatic carbocycles. The first-order valence-corrected chi connectivity index (χ1v) is 10.9. The van der Waals surface area contributed by atoms with E-state index in [1.165, 1.54) is 54.5 Å². The molecule has 1 aliphatic carbocycles. The summed E-state index contributed by atoms with van der Waals surface area (Å²) in [4.78, 5) is 2.37. The summed E-state index contributed by atoms with van der Waals surface area (Å²) in [6.45, 7) is 2.64. The second-order valence-electron chi connectivity index (χ2n) is 8.28. The van der Waals surface area contributed by atoms with Crippen molar-refractivity contribution in [3.8, 4) is 0 Å². The minimum Gasteiger partial charge on any atom is -0.299 e. The molecule has 0 bridgehead atoms. The summed E-state index contributed by atoms with van der Waals surface area (Å²) in [5.41, 5.74) is 5.30. The third-order valence-electron chi connectivity index (χ3n) is 6.19. The first-order chi connectivity index (χ1) is 14.5. The molecular weight excluding hydrogens is 419 g/mol. The van der Waals surface area contributed by atoms with Gasteiger partial charge in [-0.2, -0.15) is 13.2 Å². The van der Waals surface area contributed by atoms with Gasteiger partial charge in [0.05, 0.1) is 5.56 Å². The van der Waals surface area contributed by atoms with E-state index in [0.29, 0.717) is 5.56 Å². The summed E-state index contributed by atoms with van der Waals surface area (Å²) in [6, 6.07) is 14.6. The van der Waals surface area contributed by atoms with Gasteiger partial charge in [-0.05, 0) is 78.5 Å². The molecule has 0 saturated heterocycles. The molecular formula is C26H29ClF3N. The molecule has 31 heavy (non-hydrogen) atoms. The quantitative estimate of drug-likeness (QED) is 0.461. The Bertz CT molecular complexity index is 928. The summed E-state index contributed by atoms with van der Waals surface area (Å²) in [6.07, 6.45) is 6.93. The van der Waals surface area contributed by atoms with Crippen molar-refractivity contribution in [2.45, 2.75) is 44.7 Å². The third-order valence-corrected chi connectivity index (χ3v) is 6.19. The van der Waals surface area contributed by atoms with Crippen LogP contribution in [0.2, 0.25) is 0 Å². The highest BCUT2D eigenvalue weighted by molar-refractivity contribution is 5.85. The number of benzene rings is 2. The first kappa shape index (κ1) is 23.6. The van der Waals surface area contributed by atoms with E-state index >= 15 is 0 Å². The number of allylic oxidation sites excluding steroid dienone is 2. The summed E-state index contributed by atoms with van der Waals surface area (Å²) in [5, 5.41) is 0. The molecule has 1 aliphatic heterocycles. The highest BCUT2D eigenvalue weighted by Gasteiger charge is 2.30. The molecule has 0 fully saturated rings. The Balaban J connectivity index is 0.00000272. The number of hydrogen-bond donors (Lipinski definition) is 0. The van der Waals surface area contributed by atoms with Gasteiger partial charge in [0.25, 0.3) is 0 Å². The van der Waals surface area contributed by atoms with Crippen molar-refractivity contribution in [1.29, 1.82) is 0 Å². The maximum absolute atomic E-state index is 13.0. The topological polar surface area (TPSA) is 3.24 Å². The van der Waals surface area contributed by atoms with E-state index in [1.54, 1.807) is 6.07 Å². The highest BCUT2D eigenvalue weighted by Crippen LogP contribution is 2.32. The van der Waals surface area contributed by atoms with Gasteiger partial charge in [-0.15, -0.1) is 12.4 Å². The molecule has 0 spiro atoms. The normalized spacial score (nSPS) is 17.5. The zero-order valence-corrected chi connectivity index (χ0v) is 18.4. The largest absolute Gasteiger partial charge is 0.416 e. The van der Waals surface area contributed by atoms with Crippen LogP contribution >= 0.6 is 12.4 Å². The maximum Gasteiger partial charge on any atom is 0.416 e. The van der Waals surface area contributed by atoms with Crippen molar-refractivity contribution in [1.82, 2.24) is 4.90 Å². The Labute approximate surface area is 189 Å². The fourth-order valence-corrected chi connectivity index (χ4v) is 4.34. The van der Waals surface area contributed by atoms with Crippen molar-refractivity contribution >= 4 is 23.6 Å². The predicted octanol–water partition coefficient (Wildman–Crippen LogP) is 7.42. The van der Waals surface area contributed by atoms with E-state index in [9.17, 15) is 13.2 Å². The molecule has 1 heterocycles. The van der Waals surface area contributed by atoms with Gasteiger partial charge in [0, 0.05) is 19.6 Å². The Kier molecular flexibility index (Phi) is 8.01. The van der Waals surface area contributed by atoms with Gasteiger partial charge >= 0.3 is 6.18 Å². The van der Waals surface area contributed by atoms with Crippen molar-refractivity contribution in [2.24, 2.45) is 0 Å². The second kappa shape index (κ2) is 10.5. The number of hydrogen-bond acceptors (Lipinski definition) is 1. The molecule has 0 amide bonds. The van der Waals surface area contributed by atoms with Crippen molar-refractivity contribution in [2.75, 3.05) is 19.6 Å². The summed E-state index contributed by atoms with van der Waals surface area (Å²) in [5.74, 6) is 0. The summed E-state index contributed by atoms with van der Waals surface area (Å²) >= 11 is 0. The van der Waals surface area contributed by atoms with Crippen molar-refractivity contribution in [3.05, 3.63) is 82.9 Å². The number of nitrogens with zero attached hydrogens (tertiary/aromatic N) is 1. The molecule has 4 rings (SSSR count). The maximum atomic E-state index is 13.0. The van der Waals surface area contributed by atoms with Crippen LogP contribution in [0.4, 0.5) is 13.2 Å². The summed E-state index contributed by atoms with van der Waals surface area (Å²) < 4.78 is 38.9. The fraction of sp³-hybridized carbons (Fsp3) is 0.385. The first-order valence-electron chi connectivity index (χ1n) is 10.9. The van der Waals surface area contributed by atoms with Crippen LogP contribution in [0.3, 0.4) is 0 Å². The zero-order chi connectivity index (χ0) is 21.0. The molecule has 2 aliphatic rings. The van der Waals surface area contributed by atoms with Gasteiger partial charge in [0.15, 0.2) is 0 Å². The van der Waals surface area contributed by atoms with Crippen LogP contribution in [-0.2, 0) is 12.6 Å². The average Bonchev–Trinajstić information content (AvgIpc) is 2.78. The molecule has 0 atom stereocenters. The number of halogens is 4. The van der Waals surface area contributed by atoms with E-state index < -0.39 is 11.7 Å². The highest BCUT2D eigenvalue weighted by atomic mass is 35.5. The number of rotatable bonds is 5. The average molecular weight is 448 g/mol. The van der Waals surface area contributed by atoms with Crippen LogP contribution in [0.1, 0.15) is 54.4 Å². The minimum absolute atomic E-state index is 0. The van der Waals surface area contributed by atoms with Crippen LogP contribution in [0.15, 0.2) is 60.7 Å². The smallest absolute Gasteiger partial charge is 0.299 e. The Morgan fingerprint density at radius 2 is 1.61 bits per heavy atom. The van der Waals surface area contributed by atoms with E-state index in [4.69, 9.17) is 0 Å². The lowest BCUT2D eigenvalue weighted by molar-refractivity contribution is -0.137. The van der Waals surface area contributed by atoms with E-state index in [2.05, 4.69) is 41.3 Å². The van der Waals surface area contributed by atoms with Crippen LogP contribution in [0.5, 0.6) is 0 Å². The molecule has 0 radical (unpaired) electrons. The molecule has 2 aromatic rings. The van der Waals surface area contributed by atoms with Crippen LogP contribution in [-0.4, -0.2) is 24.5 Å². The Morgan fingerprint density at radius 3 is 2.26 bits per heavy atom. The zero-order valence-electron chi connectivity index (χ0n) is 17.6. The standard InChI is InChI=1S/C26H28F3N.ClH/c27-26(28,29)25-8-4-7-24(19-25)23-14-17-30(18-15-23)16-13-20-9-11-22(12-10-20)21-5-2-1-3-6-21;/h4-5,7-12,14,19H,1-3,6,13,15-18H2;1H. The monoisotopic (exact) mass is 447 g/mol. The number of alkyl halides is 3. The van der Waals surface area contributed by atoms with Gasteiger partial charge in [-0.3, -0.25) is 4.90 Å². The molecule has 166 valence electrons. The van der Waals surface area contributed by atoms with Gasteiger partial charge in [-0.25, -0.2) is 0 Å². The van der Waals surface area contributed by atoms with Crippen LogP contribution < -0.4 is 0 Å². The SMILES string of the molecule is Cl.FC(F)(F)c1cccc(C2=CCN(CCc3ccc(C4=CCCCC4)cc3)CC2)c1. The second-order valence-corrected chi connectivity index (χ2v) is 8.28. The van der Waals surface area contributed by atoms with E-state index in [0.717, 1.165) is 44.1 Å². The van der Waals surface area contributed by atoms with Crippen LogP contribution in [0, 0.1) is 0 Å². The molecule has 0 aromatic heterocycles. The minimum atomic E-state index is -4.29. The van der Waals surface area contributed by atoms with Crippen LogP contribution in [0.25, 0.3) is 11.1 Å². The Morgan fingerprint density at radius 1 is 0.839 bits per heavy atom. The molecule has 1 nitrogen and oxygen atoms in total. The van der Waals surface area contributed by atoms with Gasteiger partial charge < -0.3 is 0 Å². The lowest BCUT2D eigenvalue weighted by atomic mass is 9.93. The third kappa shape index (κ3) is 6.24. The van der Waals surface area contributed by atoms with E-state index in [-0.39, 0.29) is 12.4 Å². The summed E-state index contributed by atoms with van der Waals surface area (Å²) in [7, 11) is 0. The molecule has 5 heteroatoms. The van der Waals surface area contributed by atoms with Gasteiger partial charge in [0.1, 0.15) is 0 Å². The molecule has 0 unspecified atom stereocenters. The molecule has 0 saturated carbocycles. The van der Waals surface area contributed by atoms with Crippen molar-refractivity contribution in [3.63, 3.8) is 0 Å². The lowest BCUT2D eigenvalue weighted by Gasteiger charge is -2.26. The fourth-order valence-electron chi connectivity index (χ4n) is 4.34. The molecule has 0 N–H and O–H groups in total. The Hall–Kier alpha value is -2.04. The van der Waals surface area contributed by atoms with Crippen molar-refractivity contribution < 1.29 is 13.2 Å². The van der Waals surface area contributed by atoms with E-state index in [1.807, 2.05) is 0 Å².